The molecule has 2 aromatic heterocycles. The number of amides is 1. The van der Waals surface area contributed by atoms with Crippen molar-refractivity contribution in [1.29, 1.82) is 0 Å². The van der Waals surface area contributed by atoms with Gasteiger partial charge in [-0.1, -0.05) is 59.8 Å². The van der Waals surface area contributed by atoms with Gasteiger partial charge in [-0.15, -0.1) is 11.3 Å². The van der Waals surface area contributed by atoms with E-state index >= 15 is 0 Å². The molecular weight excluding hydrogens is 528 g/mol. The summed E-state index contributed by atoms with van der Waals surface area (Å²) < 4.78 is 1.62. The summed E-state index contributed by atoms with van der Waals surface area (Å²) in [4.78, 5) is 33.5. The number of hydrogen-bond acceptors (Lipinski definition) is 7. The number of aryl methyl sites for hydroxylation is 3. The van der Waals surface area contributed by atoms with E-state index in [1.165, 1.54) is 22.9 Å². The van der Waals surface area contributed by atoms with E-state index in [2.05, 4.69) is 10.5 Å². The molecule has 1 aliphatic rings. The molecule has 39 heavy (non-hydrogen) atoms. The van der Waals surface area contributed by atoms with Crippen LogP contribution in [0.4, 0.5) is 0 Å². The lowest BCUT2D eigenvalue weighted by molar-refractivity contribution is -0.118. The first-order chi connectivity index (χ1) is 19.0. The first-order valence-electron chi connectivity index (χ1n) is 12.8. The highest BCUT2D eigenvalue weighted by atomic mass is 32.2. The minimum Gasteiger partial charge on any atom is -0.507 e. The van der Waals surface area contributed by atoms with Gasteiger partial charge < -0.3 is 5.11 Å². The SMILES string of the molecule is Cc1ccc(-n2c(SCC(=O)N/N=C/c3c(O)ccc4ccccc34)nc3sc4c(c3c2=O)CCCC4)cc1. The van der Waals surface area contributed by atoms with Crippen molar-refractivity contribution in [3.63, 3.8) is 0 Å². The van der Waals surface area contributed by atoms with Crippen LogP contribution in [-0.2, 0) is 17.6 Å². The molecule has 7 nitrogen and oxygen atoms in total. The molecule has 0 spiro atoms. The van der Waals surface area contributed by atoms with Crippen LogP contribution in [0.3, 0.4) is 0 Å². The van der Waals surface area contributed by atoms with Crippen molar-refractivity contribution in [2.75, 3.05) is 5.75 Å². The number of phenols is 1. The lowest BCUT2D eigenvalue weighted by Crippen LogP contribution is -2.24. The zero-order valence-electron chi connectivity index (χ0n) is 21.3. The highest BCUT2D eigenvalue weighted by Gasteiger charge is 2.23. The Morgan fingerprint density at radius 3 is 2.77 bits per heavy atom. The molecule has 0 aliphatic heterocycles. The van der Waals surface area contributed by atoms with Crippen molar-refractivity contribution in [2.45, 2.75) is 37.8 Å². The van der Waals surface area contributed by atoms with E-state index in [1.54, 1.807) is 22.0 Å². The standard InChI is InChI=1S/C30H26N4O3S2/c1-18-10-13-20(14-11-18)34-29(37)27-22-8-4-5-9-25(22)39-28(27)32-30(34)38-17-26(36)33-31-16-23-21-7-3-2-6-19(21)12-15-24(23)35/h2-3,6-7,10-16,35H,4-5,8-9,17H2,1H3,(H,33,36)/b31-16+. The molecule has 0 saturated heterocycles. The van der Waals surface area contributed by atoms with Crippen LogP contribution in [0.2, 0.25) is 0 Å². The molecular formula is C30H26N4O3S2. The number of hydrazone groups is 1. The average Bonchev–Trinajstić information content (AvgIpc) is 3.32. The van der Waals surface area contributed by atoms with Gasteiger partial charge in [-0.05, 0) is 67.1 Å². The summed E-state index contributed by atoms with van der Waals surface area (Å²) in [5.74, 6) is -0.237. The van der Waals surface area contributed by atoms with Crippen LogP contribution in [0.1, 0.15) is 34.4 Å². The predicted octanol–water partition coefficient (Wildman–Crippen LogP) is 5.74. The Kier molecular flexibility index (Phi) is 6.93. The first kappa shape index (κ1) is 25.3. The first-order valence-corrected chi connectivity index (χ1v) is 14.6. The van der Waals surface area contributed by atoms with Crippen LogP contribution in [0.15, 0.2) is 75.7 Å². The fraction of sp³-hybridized carbons (Fsp3) is 0.200. The van der Waals surface area contributed by atoms with E-state index < -0.39 is 0 Å². The molecule has 0 radical (unpaired) electrons. The summed E-state index contributed by atoms with van der Waals surface area (Å²) in [5.41, 5.74) is 5.94. The molecule has 1 aliphatic carbocycles. The second kappa shape index (κ2) is 10.7. The molecule has 3 aromatic carbocycles. The van der Waals surface area contributed by atoms with Crippen molar-refractivity contribution >= 4 is 56.2 Å². The fourth-order valence-corrected chi connectivity index (χ4v) is 7.06. The maximum Gasteiger partial charge on any atom is 0.267 e. The van der Waals surface area contributed by atoms with Gasteiger partial charge in [0, 0.05) is 10.4 Å². The maximum atomic E-state index is 13.8. The number of nitrogens with zero attached hydrogens (tertiary/aromatic N) is 3. The van der Waals surface area contributed by atoms with Gasteiger partial charge in [-0.25, -0.2) is 10.4 Å². The Labute approximate surface area is 233 Å². The van der Waals surface area contributed by atoms with Gasteiger partial charge in [-0.3, -0.25) is 14.2 Å². The molecule has 2 N–H and O–H groups in total. The third-order valence-corrected chi connectivity index (χ3v) is 9.04. The fourth-order valence-electron chi connectivity index (χ4n) is 4.96. The van der Waals surface area contributed by atoms with Gasteiger partial charge in [-0.2, -0.15) is 5.10 Å². The summed E-state index contributed by atoms with van der Waals surface area (Å²) >= 11 is 2.80. The van der Waals surface area contributed by atoms with Gasteiger partial charge >= 0.3 is 0 Å². The largest absolute Gasteiger partial charge is 0.507 e. The Hall–Kier alpha value is -3.95. The minimum atomic E-state index is -0.341. The van der Waals surface area contributed by atoms with E-state index in [4.69, 9.17) is 4.98 Å². The number of fused-ring (bicyclic) bond motifs is 4. The quantitative estimate of drug-likeness (QED) is 0.121. The van der Waals surface area contributed by atoms with Crippen molar-refractivity contribution in [2.24, 2.45) is 5.10 Å². The lowest BCUT2D eigenvalue weighted by Gasteiger charge is -2.13. The highest BCUT2D eigenvalue weighted by Crippen LogP contribution is 2.35. The van der Waals surface area contributed by atoms with Crippen LogP contribution in [0, 0.1) is 6.92 Å². The molecule has 0 bridgehead atoms. The van der Waals surface area contributed by atoms with Crippen LogP contribution >= 0.6 is 23.1 Å². The Morgan fingerprint density at radius 1 is 1.13 bits per heavy atom. The van der Waals surface area contributed by atoms with Crippen molar-refractivity contribution in [3.05, 3.63) is 92.6 Å². The Morgan fingerprint density at radius 2 is 1.92 bits per heavy atom. The van der Waals surface area contributed by atoms with Crippen molar-refractivity contribution in [1.82, 2.24) is 15.0 Å². The van der Waals surface area contributed by atoms with Gasteiger partial charge in [0.2, 0.25) is 0 Å². The summed E-state index contributed by atoms with van der Waals surface area (Å²) in [6, 6.07) is 18.8. The zero-order valence-corrected chi connectivity index (χ0v) is 22.9. The molecule has 6 rings (SSSR count). The third-order valence-electron chi connectivity index (χ3n) is 6.91. The number of nitrogens with one attached hydrogen (secondary N) is 1. The Balaban J connectivity index is 1.27. The second-order valence-electron chi connectivity index (χ2n) is 9.56. The molecule has 5 aromatic rings. The van der Waals surface area contributed by atoms with Gasteiger partial charge in [0.1, 0.15) is 10.6 Å². The number of phenolic OH excluding ortho intramolecular Hbond substituents is 1. The van der Waals surface area contributed by atoms with Gasteiger partial charge in [0.05, 0.1) is 23.0 Å². The number of carbonyl (C=O) groups excluding carboxylic acids is 1. The summed E-state index contributed by atoms with van der Waals surface area (Å²) in [6.45, 7) is 2.00. The molecule has 0 saturated carbocycles. The lowest BCUT2D eigenvalue weighted by atomic mass is 9.97. The topological polar surface area (TPSA) is 96.6 Å². The molecule has 0 unspecified atom stereocenters. The Bertz CT molecular complexity index is 1810. The number of aromatic hydroxyl groups is 1. The van der Waals surface area contributed by atoms with E-state index in [1.807, 2.05) is 61.5 Å². The molecule has 0 atom stereocenters. The smallest absolute Gasteiger partial charge is 0.267 e. The number of aromatic nitrogens is 2. The van der Waals surface area contributed by atoms with Crippen LogP contribution in [0.5, 0.6) is 5.75 Å². The van der Waals surface area contributed by atoms with Crippen molar-refractivity contribution in [3.8, 4) is 11.4 Å². The third kappa shape index (κ3) is 4.95. The van der Waals surface area contributed by atoms with E-state index in [0.29, 0.717) is 16.1 Å². The summed E-state index contributed by atoms with van der Waals surface area (Å²) in [5, 5.41) is 17.4. The maximum absolute atomic E-state index is 13.8. The van der Waals surface area contributed by atoms with Gasteiger partial charge in [0.25, 0.3) is 11.5 Å². The minimum absolute atomic E-state index is 0.0216. The number of thioether (sulfide) groups is 1. The summed E-state index contributed by atoms with van der Waals surface area (Å²) in [7, 11) is 0. The van der Waals surface area contributed by atoms with Crippen molar-refractivity contribution < 1.29 is 9.90 Å². The number of thiophene rings is 1. The van der Waals surface area contributed by atoms with Crippen LogP contribution in [0.25, 0.3) is 26.7 Å². The van der Waals surface area contributed by atoms with E-state index in [-0.39, 0.29) is 23.0 Å². The monoisotopic (exact) mass is 554 g/mol. The molecule has 0 fully saturated rings. The second-order valence-corrected chi connectivity index (χ2v) is 11.6. The summed E-state index contributed by atoms with van der Waals surface area (Å²) in [6.07, 6.45) is 5.54. The number of rotatable bonds is 6. The molecule has 196 valence electrons. The zero-order chi connectivity index (χ0) is 26.9. The number of hydrogen-bond donors (Lipinski definition) is 2. The predicted molar refractivity (Wildman–Crippen MR) is 159 cm³/mol. The van der Waals surface area contributed by atoms with Crippen LogP contribution < -0.4 is 11.0 Å². The van der Waals surface area contributed by atoms with Crippen LogP contribution in [-0.4, -0.2) is 32.5 Å². The molecule has 9 heteroatoms. The number of carbonyl (C=O) groups is 1. The van der Waals surface area contributed by atoms with E-state index in [0.717, 1.165) is 58.1 Å². The number of benzene rings is 3. The molecule has 1 amide bonds. The average molecular weight is 555 g/mol. The van der Waals surface area contributed by atoms with E-state index in [9.17, 15) is 14.7 Å². The normalized spacial score (nSPS) is 13.3. The highest BCUT2D eigenvalue weighted by molar-refractivity contribution is 7.99. The van der Waals surface area contributed by atoms with Gasteiger partial charge in [0.15, 0.2) is 5.16 Å². The molecule has 2 heterocycles.